The number of thioether (sulfide) groups is 1. The van der Waals surface area contributed by atoms with E-state index in [9.17, 15) is 9.59 Å². The van der Waals surface area contributed by atoms with Gasteiger partial charge in [-0.25, -0.2) is 9.78 Å². The van der Waals surface area contributed by atoms with Gasteiger partial charge in [-0.2, -0.15) is 0 Å². The molecule has 3 aromatic carbocycles. The van der Waals surface area contributed by atoms with Crippen LogP contribution in [0.2, 0.25) is 0 Å². The highest BCUT2D eigenvalue weighted by Crippen LogP contribution is 2.31. The first-order chi connectivity index (χ1) is 16.0. The summed E-state index contributed by atoms with van der Waals surface area (Å²) in [5.41, 5.74) is 5.64. The minimum atomic E-state index is -0.299. The van der Waals surface area contributed by atoms with Crippen molar-refractivity contribution in [1.29, 1.82) is 0 Å². The van der Waals surface area contributed by atoms with Crippen molar-refractivity contribution >= 4 is 56.6 Å². The lowest BCUT2D eigenvalue weighted by atomic mass is 10.1. The third kappa shape index (κ3) is 6.34. The van der Waals surface area contributed by atoms with Crippen molar-refractivity contribution in [2.75, 3.05) is 16.4 Å². The first-order valence-electron chi connectivity index (χ1n) is 10.5. The Labute approximate surface area is 200 Å². The Morgan fingerprint density at radius 3 is 2.39 bits per heavy atom. The van der Waals surface area contributed by atoms with Gasteiger partial charge in [0.15, 0.2) is 4.34 Å². The third-order valence-corrected chi connectivity index (χ3v) is 7.21. The number of hydrogen-bond donors (Lipinski definition) is 3. The second kappa shape index (κ2) is 10.5. The molecular formula is C25H24N4O2S2. The van der Waals surface area contributed by atoms with Gasteiger partial charge in [0.2, 0.25) is 5.91 Å². The largest absolute Gasteiger partial charge is 0.351 e. The Hall–Kier alpha value is -3.36. The second-order valence-electron chi connectivity index (χ2n) is 7.59. The zero-order valence-electron chi connectivity index (χ0n) is 18.3. The minimum Gasteiger partial charge on any atom is -0.351 e. The lowest BCUT2D eigenvalue weighted by Gasteiger charge is -2.09. The van der Waals surface area contributed by atoms with Crippen LogP contribution in [0.1, 0.15) is 16.7 Å². The van der Waals surface area contributed by atoms with E-state index >= 15 is 0 Å². The molecule has 0 aliphatic carbocycles. The van der Waals surface area contributed by atoms with E-state index in [0.29, 0.717) is 18.0 Å². The summed E-state index contributed by atoms with van der Waals surface area (Å²) in [6, 6.07) is 20.9. The number of anilines is 2. The standard InChI is InChI=1S/C25H24N4O2S2/c1-16-8-9-19(12-17(16)2)27-24(31)28-20-10-11-21-22(13-20)33-25(29-21)32-15-23(30)26-14-18-6-4-3-5-7-18/h3-13H,14-15H2,1-2H3,(H,26,30)(H2,27,28,31). The number of carbonyl (C=O) groups excluding carboxylic acids is 2. The molecule has 3 N–H and O–H groups in total. The topological polar surface area (TPSA) is 83.1 Å². The predicted octanol–water partition coefficient (Wildman–Crippen LogP) is 5.97. The van der Waals surface area contributed by atoms with E-state index in [-0.39, 0.29) is 11.9 Å². The van der Waals surface area contributed by atoms with Gasteiger partial charge in [0.05, 0.1) is 16.0 Å². The molecule has 4 aromatic rings. The minimum absolute atomic E-state index is 0.0338. The number of rotatable bonds is 7. The molecule has 0 fully saturated rings. The van der Waals surface area contributed by atoms with Crippen molar-refractivity contribution in [3.05, 3.63) is 83.4 Å². The Balaban J connectivity index is 1.31. The lowest BCUT2D eigenvalue weighted by Crippen LogP contribution is -2.24. The summed E-state index contributed by atoms with van der Waals surface area (Å²) in [5, 5.41) is 8.65. The summed E-state index contributed by atoms with van der Waals surface area (Å²) in [7, 11) is 0. The highest BCUT2D eigenvalue weighted by Gasteiger charge is 2.10. The molecule has 0 spiro atoms. The number of amides is 3. The molecule has 4 rings (SSSR count). The summed E-state index contributed by atoms with van der Waals surface area (Å²) in [4.78, 5) is 29.1. The van der Waals surface area contributed by atoms with Gasteiger partial charge >= 0.3 is 6.03 Å². The van der Waals surface area contributed by atoms with Crippen molar-refractivity contribution < 1.29 is 9.59 Å². The summed E-state index contributed by atoms with van der Waals surface area (Å²) in [5.74, 6) is 0.268. The van der Waals surface area contributed by atoms with Crippen LogP contribution in [-0.4, -0.2) is 22.7 Å². The molecule has 6 nitrogen and oxygen atoms in total. The van der Waals surface area contributed by atoms with Gasteiger partial charge in [-0.15, -0.1) is 11.3 Å². The highest BCUT2D eigenvalue weighted by atomic mass is 32.2. The fourth-order valence-corrected chi connectivity index (χ4v) is 5.07. The van der Waals surface area contributed by atoms with Crippen LogP contribution in [0.5, 0.6) is 0 Å². The number of benzene rings is 3. The number of aryl methyl sites for hydroxylation is 2. The van der Waals surface area contributed by atoms with Crippen molar-refractivity contribution in [3.8, 4) is 0 Å². The van der Waals surface area contributed by atoms with Crippen LogP contribution >= 0.6 is 23.1 Å². The normalized spacial score (nSPS) is 10.7. The lowest BCUT2D eigenvalue weighted by molar-refractivity contribution is -0.118. The molecule has 0 aliphatic rings. The van der Waals surface area contributed by atoms with Gasteiger partial charge in [-0.1, -0.05) is 48.2 Å². The van der Waals surface area contributed by atoms with Crippen LogP contribution in [0, 0.1) is 13.8 Å². The quantitative estimate of drug-likeness (QED) is 0.287. The first kappa shape index (κ1) is 22.8. The smallest absolute Gasteiger partial charge is 0.323 e. The van der Waals surface area contributed by atoms with Crippen LogP contribution < -0.4 is 16.0 Å². The molecule has 8 heteroatoms. The Morgan fingerprint density at radius 2 is 1.64 bits per heavy atom. The van der Waals surface area contributed by atoms with Gasteiger partial charge in [0, 0.05) is 17.9 Å². The summed E-state index contributed by atoms with van der Waals surface area (Å²) >= 11 is 2.91. The second-order valence-corrected chi connectivity index (χ2v) is 9.84. The SMILES string of the molecule is Cc1ccc(NC(=O)Nc2ccc3nc(SCC(=O)NCc4ccccc4)sc3c2)cc1C. The van der Waals surface area contributed by atoms with Crippen LogP contribution in [0.3, 0.4) is 0 Å². The fourth-order valence-electron chi connectivity index (χ4n) is 3.13. The number of thiazole rings is 1. The van der Waals surface area contributed by atoms with Gasteiger partial charge < -0.3 is 16.0 Å². The van der Waals surface area contributed by atoms with E-state index in [1.165, 1.54) is 28.7 Å². The molecule has 0 saturated heterocycles. The molecule has 0 unspecified atom stereocenters. The van der Waals surface area contributed by atoms with E-state index in [2.05, 4.69) is 20.9 Å². The molecule has 1 aromatic heterocycles. The zero-order chi connectivity index (χ0) is 23.2. The summed E-state index contributed by atoms with van der Waals surface area (Å²) < 4.78 is 1.77. The summed E-state index contributed by atoms with van der Waals surface area (Å²) in [6.45, 7) is 4.56. The average Bonchev–Trinajstić information content (AvgIpc) is 3.21. The first-order valence-corrected chi connectivity index (χ1v) is 12.3. The van der Waals surface area contributed by atoms with Crippen molar-refractivity contribution in [2.24, 2.45) is 0 Å². The maximum Gasteiger partial charge on any atom is 0.323 e. The fraction of sp³-hybridized carbons (Fsp3) is 0.160. The molecule has 168 valence electrons. The summed E-state index contributed by atoms with van der Waals surface area (Å²) in [6.07, 6.45) is 0. The maximum atomic E-state index is 12.4. The molecule has 0 atom stereocenters. The predicted molar refractivity (Wildman–Crippen MR) is 137 cm³/mol. The molecule has 1 heterocycles. The van der Waals surface area contributed by atoms with Crippen LogP contribution in [0.25, 0.3) is 10.2 Å². The van der Waals surface area contributed by atoms with Gasteiger partial charge in [0.1, 0.15) is 0 Å². The Morgan fingerprint density at radius 1 is 0.909 bits per heavy atom. The highest BCUT2D eigenvalue weighted by molar-refractivity contribution is 8.01. The van der Waals surface area contributed by atoms with E-state index in [0.717, 1.165) is 31.4 Å². The molecule has 0 aliphatic heterocycles. The van der Waals surface area contributed by atoms with Gasteiger partial charge in [0.25, 0.3) is 0 Å². The van der Waals surface area contributed by atoms with Crippen LogP contribution in [0.15, 0.2) is 71.1 Å². The number of nitrogens with zero attached hydrogens (tertiary/aromatic N) is 1. The van der Waals surface area contributed by atoms with Gasteiger partial charge in [-0.3, -0.25) is 4.79 Å². The van der Waals surface area contributed by atoms with E-state index in [4.69, 9.17) is 0 Å². The van der Waals surface area contributed by atoms with Crippen molar-refractivity contribution in [2.45, 2.75) is 24.7 Å². The van der Waals surface area contributed by atoms with Crippen LogP contribution in [0.4, 0.5) is 16.2 Å². The number of fused-ring (bicyclic) bond motifs is 1. The molecular weight excluding hydrogens is 452 g/mol. The number of hydrogen-bond acceptors (Lipinski definition) is 5. The Kier molecular flexibility index (Phi) is 7.26. The number of urea groups is 1. The monoisotopic (exact) mass is 476 g/mol. The molecule has 0 saturated carbocycles. The zero-order valence-corrected chi connectivity index (χ0v) is 20.0. The van der Waals surface area contributed by atoms with E-state index in [1.807, 2.05) is 80.6 Å². The molecule has 0 bridgehead atoms. The van der Waals surface area contributed by atoms with E-state index in [1.54, 1.807) is 0 Å². The number of nitrogens with one attached hydrogen (secondary N) is 3. The van der Waals surface area contributed by atoms with Crippen molar-refractivity contribution in [3.63, 3.8) is 0 Å². The maximum absolute atomic E-state index is 12.4. The molecule has 33 heavy (non-hydrogen) atoms. The number of carbonyl (C=O) groups is 2. The number of aromatic nitrogens is 1. The molecule has 3 amide bonds. The molecule has 0 radical (unpaired) electrons. The van der Waals surface area contributed by atoms with Gasteiger partial charge in [-0.05, 0) is 60.9 Å². The van der Waals surface area contributed by atoms with E-state index < -0.39 is 0 Å². The van der Waals surface area contributed by atoms with Crippen molar-refractivity contribution in [1.82, 2.24) is 10.3 Å². The average molecular weight is 477 g/mol. The van der Waals surface area contributed by atoms with Crippen LogP contribution in [-0.2, 0) is 11.3 Å². The Bertz CT molecular complexity index is 1290. The third-order valence-electron chi connectivity index (χ3n) is 5.05.